The zero-order chi connectivity index (χ0) is 14.9. The lowest BCUT2D eigenvalue weighted by atomic mass is 9.93. The highest BCUT2D eigenvalue weighted by atomic mass is 19.1. The van der Waals surface area contributed by atoms with Crippen LogP contribution in [0.3, 0.4) is 0 Å². The van der Waals surface area contributed by atoms with E-state index in [0.29, 0.717) is 18.7 Å². The third-order valence-electron chi connectivity index (χ3n) is 3.73. The van der Waals surface area contributed by atoms with Gasteiger partial charge in [0.05, 0.1) is 6.04 Å². The highest BCUT2D eigenvalue weighted by molar-refractivity contribution is 5.75. The Hall–Kier alpha value is -1.65. The zero-order valence-electron chi connectivity index (χ0n) is 12.0. The molecule has 20 heavy (non-hydrogen) atoms. The van der Waals surface area contributed by atoms with Crippen LogP contribution in [0.5, 0.6) is 0 Å². The number of carbonyl (C=O) groups is 1. The average Bonchev–Trinajstić information content (AvgIpc) is 2.69. The maximum Gasteiger partial charge on any atom is 0.317 e. The lowest BCUT2D eigenvalue weighted by Crippen LogP contribution is -2.40. The van der Waals surface area contributed by atoms with Gasteiger partial charge in [-0.25, -0.2) is 13.6 Å². The number of benzene rings is 1. The topological polar surface area (TPSA) is 32.3 Å². The molecule has 3 nitrogen and oxygen atoms in total. The van der Waals surface area contributed by atoms with E-state index in [9.17, 15) is 13.6 Å². The molecule has 2 amide bonds. The van der Waals surface area contributed by atoms with Gasteiger partial charge in [0.25, 0.3) is 0 Å². The van der Waals surface area contributed by atoms with Gasteiger partial charge in [-0.2, -0.15) is 0 Å². The van der Waals surface area contributed by atoms with Crippen molar-refractivity contribution >= 4 is 6.03 Å². The van der Waals surface area contributed by atoms with E-state index in [2.05, 4.69) is 19.2 Å². The van der Waals surface area contributed by atoms with Crippen LogP contribution in [0.25, 0.3) is 0 Å². The van der Waals surface area contributed by atoms with Crippen molar-refractivity contribution in [1.29, 1.82) is 0 Å². The number of hydrogen-bond donors (Lipinski definition) is 1. The van der Waals surface area contributed by atoms with E-state index in [1.807, 2.05) is 0 Å². The molecule has 110 valence electrons. The number of carbonyl (C=O) groups excluding carboxylic acids is 1. The lowest BCUT2D eigenvalue weighted by molar-refractivity contribution is 0.200. The highest BCUT2D eigenvalue weighted by Crippen LogP contribution is 2.29. The summed E-state index contributed by atoms with van der Waals surface area (Å²) in [6.45, 7) is 7.32. The standard InChI is InChI=1S/C15H20F2N2O/c1-10(12-5-4-11(16)8-13(12)17)18-14(20)19-7-6-15(2,3)9-19/h4-5,8,10H,6-7,9H2,1-3H3,(H,18,20)/t10-/m1/s1. The van der Waals surface area contributed by atoms with Crippen LogP contribution in [0.1, 0.15) is 38.8 Å². The van der Waals surface area contributed by atoms with Crippen molar-refractivity contribution in [2.24, 2.45) is 5.41 Å². The number of nitrogens with zero attached hydrogens (tertiary/aromatic N) is 1. The molecule has 2 rings (SSSR count). The van der Waals surface area contributed by atoms with E-state index in [0.717, 1.165) is 12.5 Å². The minimum atomic E-state index is -0.639. The first-order valence-electron chi connectivity index (χ1n) is 6.79. The van der Waals surface area contributed by atoms with Gasteiger partial charge < -0.3 is 10.2 Å². The third kappa shape index (κ3) is 3.26. The molecule has 1 heterocycles. The molecule has 0 aromatic heterocycles. The summed E-state index contributed by atoms with van der Waals surface area (Å²) >= 11 is 0. The maximum atomic E-state index is 13.6. The van der Waals surface area contributed by atoms with Crippen molar-refractivity contribution < 1.29 is 13.6 Å². The number of hydrogen-bond acceptors (Lipinski definition) is 1. The number of amides is 2. The molecular weight excluding hydrogens is 262 g/mol. The summed E-state index contributed by atoms with van der Waals surface area (Å²) in [5, 5.41) is 2.76. The molecule has 0 aliphatic carbocycles. The quantitative estimate of drug-likeness (QED) is 0.885. The fourth-order valence-electron chi connectivity index (χ4n) is 2.49. The summed E-state index contributed by atoms with van der Waals surface area (Å²) in [5.74, 6) is -1.26. The Morgan fingerprint density at radius 1 is 1.40 bits per heavy atom. The Morgan fingerprint density at radius 2 is 2.10 bits per heavy atom. The Morgan fingerprint density at radius 3 is 2.65 bits per heavy atom. The van der Waals surface area contributed by atoms with Gasteiger partial charge in [-0.15, -0.1) is 0 Å². The van der Waals surface area contributed by atoms with E-state index < -0.39 is 17.7 Å². The lowest BCUT2D eigenvalue weighted by Gasteiger charge is -2.23. The molecule has 0 bridgehead atoms. The smallest absolute Gasteiger partial charge is 0.317 e. The molecule has 1 aromatic carbocycles. The minimum Gasteiger partial charge on any atom is -0.331 e. The van der Waals surface area contributed by atoms with Gasteiger partial charge >= 0.3 is 6.03 Å². The van der Waals surface area contributed by atoms with Gasteiger partial charge in [0.2, 0.25) is 0 Å². The van der Waals surface area contributed by atoms with Crippen LogP contribution in [-0.4, -0.2) is 24.0 Å². The van der Waals surface area contributed by atoms with Crippen LogP contribution in [0.2, 0.25) is 0 Å². The Kier molecular flexibility index (Phi) is 3.97. The van der Waals surface area contributed by atoms with Crippen molar-refractivity contribution in [1.82, 2.24) is 10.2 Å². The van der Waals surface area contributed by atoms with E-state index in [4.69, 9.17) is 0 Å². The Labute approximate surface area is 118 Å². The van der Waals surface area contributed by atoms with Crippen molar-refractivity contribution in [2.75, 3.05) is 13.1 Å². The predicted molar refractivity (Wildman–Crippen MR) is 73.3 cm³/mol. The summed E-state index contributed by atoms with van der Waals surface area (Å²) in [6, 6.07) is 2.69. The van der Waals surface area contributed by atoms with E-state index in [1.54, 1.807) is 11.8 Å². The summed E-state index contributed by atoms with van der Waals surface area (Å²) in [7, 11) is 0. The van der Waals surface area contributed by atoms with Gasteiger partial charge in [-0.05, 0) is 24.8 Å². The second kappa shape index (κ2) is 5.38. The highest BCUT2D eigenvalue weighted by Gasteiger charge is 2.32. The number of rotatable bonds is 2. The molecule has 0 unspecified atom stereocenters. The van der Waals surface area contributed by atoms with Crippen LogP contribution in [0.4, 0.5) is 13.6 Å². The second-order valence-corrected chi connectivity index (χ2v) is 6.17. The van der Waals surface area contributed by atoms with E-state index >= 15 is 0 Å². The molecule has 0 spiro atoms. The molecule has 0 saturated carbocycles. The van der Waals surface area contributed by atoms with Gasteiger partial charge in [-0.3, -0.25) is 0 Å². The molecule has 5 heteroatoms. The predicted octanol–water partition coefficient (Wildman–Crippen LogP) is 3.47. The van der Waals surface area contributed by atoms with E-state index in [-0.39, 0.29) is 11.4 Å². The summed E-state index contributed by atoms with van der Waals surface area (Å²) in [5.41, 5.74) is 0.417. The summed E-state index contributed by atoms with van der Waals surface area (Å²) in [6.07, 6.45) is 0.958. The molecule has 0 radical (unpaired) electrons. The number of likely N-dealkylation sites (tertiary alicyclic amines) is 1. The first-order chi connectivity index (χ1) is 9.28. The summed E-state index contributed by atoms with van der Waals surface area (Å²) in [4.78, 5) is 13.8. The monoisotopic (exact) mass is 282 g/mol. The van der Waals surface area contributed by atoms with Crippen molar-refractivity contribution in [3.8, 4) is 0 Å². The molecular formula is C15H20F2N2O. The number of nitrogens with one attached hydrogen (secondary N) is 1. The number of halogens is 2. The molecule has 1 fully saturated rings. The van der Waals surface area contributed by atoms with Crippen molar-refractivity contribution in [3.63, 3.8) is 0 Å². The fourth-order valence-corrected chi connectivity index (χ4v) is 2.49. The van der Waals surface area contributed by atoms with Gasteiger partial charge in [-0.1, -0.05) is 19.9 Å². The first-order valence-corrected chi connectivity index (χ1v) is 6.79. The third-order valence-corrected chi connectivity index (χ3v) is 3.73. The molecule has 1 aliphatic heterocycles. The minimum absolute atomic E-state index is 0.127. The first kappa shape index (κ1) is 14.8. The van der Waals surface area contributed by atoms with Crippen molar-refractivity contribution in [3.05, 3.63) is 35.4 Å². The van der Waals surface area contributed by atoms with Crippen LogP contribution in [0, 0.1) is 17.0 Å². The van der Waals surface area contributed by atoms with Crippen molar-refractivity contribution in [2.45, 2.75) is 33.2 Å². The summed E-state index contributed by atoms with van der Waals surface area (Å²) < 4.78 is 26.5. The molecule has 1 atom stereocenters. The fraction of sp³-hybridized carbons (Fsp3) is 0.533. The zero-order valence-corrected chi connectivity index (χ0v) is 12.0. The van der Waals surface area contributed by atoms with Crippen LogP contribution in [-0.2, 0) is 0 Å². The SMILES string of the molecule is C[C@@H](NC(=O)N1CCC(C)(C)C1)c1ccc(F)cc1F. The van der Waals surface area contributed by atoms with Crippen LogP contribution < -0.4 is 5.32 Å². The van der Waals surface area contributed by atoms with Crippen LogP contribution >= 0.6 is 0 Å². The molecule has 1 aliphatic rings. The Balaban J connectivity index is 2.01. The number of urea groups is 1. The largest absolute Gasteiger partial charge is 0.331 e. The Bertz CT molecular complexity index is 517. The molecule has 1 aromatic rings. The molecule has 1 saturated heterocycles. The normalized spacial score (nSPS) is 18.9. The van der Waals surface area contributed by atoms with Gasteiger partial charge in [0.1, 0.15) is 11.6 Å². The van der Waals surface area contributed by atoms with Gasteiger partial charge in [0.15, 0.2) is 0 Å². The maximum absolute atomic E-state index is 13.6. The second-order valence-electron chi connectivity index (χ2n) is 6.17. The van der Waals surface area contributed by atoms with Crippen LogP contribution in [0.15, 0.2) is 18.2 Å². The van der Waals surface area contributed by atoms with E-state index in [1.165, 1.54) is 12.1 Å². The van der Waals surface area contributed by atoms with Gasteiger partial charge in [0, 0.05) is 24.7 Å². The molecule has 1 N–H and O–H groups in total. The average molecular weight is 282 g/mol.